The van der Waals surface area contributed by atoms with E-state index >= 15 is 0 Å². The molecule has 7 heteroatoms. The first kappa shape index (κ1) is 24.2. The van der Waals surface area contributed by atoms with Crippen LogP contribution in [-0.2, 0) is 19.0 Å². The number of benzene rings is 2. The molecule has 1 atom stereocenters. The second-order valence-electron chi connectivity index (χ2n) is 11.0. The fourth-order valence-corrected chi connectivity index (χ4v) is 6.42. The number of halogens is 1. The van der Waals surface area contributed by atoms with Crippen LogP contribution in [0.5, 0.6) is 0 Å². The number of carbonyl (C=O) groups excluding carboxylic acids is 1. The molecular formula is C30H32ClN5O. The minimum atomic E-state index is -0.305. The minimum Gasteiger partial charge on any atom is -0.320 e. The second kappa shape index (κ2) is 9.31. The zero-order valence-corrected chi connectivity index (χ0v) is 22.1. The Hall–Kier alpha value is -3.14. The summed E-state index contributed by atoms with van der Waals surface area (Å²) in [5.74, 6) is 4.77. The van der Waals surface area contributed by atoms with Crippen LogP contribution in [0.4, 0.5) is 5.69 Å². The molecule has 2 saturated carbocycles. The van der Waals surface area contributed by atoms with E-state index in [1.165, 1.54) is 19.3 Å². The smallest absolute Gasteiger partial charge is 0.258 e. The molecule has 2 aromatic carbocycles. The zero-order chi connectivity index (χ0) is 25.7. The number of amides is 1. The lowest BCUT2D eigenvalue weighted by atomic mass is 9.58. The fraction of sp³-hybridized carbons (Fsp3) is 0.433. The molecule has 190 valence electrons. The van der Waals surface area contributed by atoms with Gasteiger partial charge in [-0.05, 0) is 80.5 Å². The Balaban J connectivity index is 1.28. The van der Waals surface area contributed by atoms with Crippen LogP contribution in [0.15, 0.2) is 42.7 Å². The minimum absolute atomic E-state index is 0.00934. The van der Waals surface area contributed by atoms with E-state index in [-0.39, 0.29) is 23.3 Å². The molecule has 0 saturated heterocycles. The molecule has 2 heterocycles. The van der Waals surface area contributed by atoms with E-state index in [9.17, 15) is 4.79 Å². The largest absolute Gasteiger partial charge is 0.320 e. The molecule has 1 aliphatic heterocycles. The van der Waals surface area contributed by atoms with Gasteiger partial charge in [-0.15, -0.1) is 22.5 Å². The highest BCUT2D eigenvalue weighted by Crippen LogP contribution is 2.52. The van der Waals surface area contributed by atoms with E-state index in [1.54, 1.807) is 6.33 Å². The third kappa shape index (κ3) is 4.05. The third-order valence-electron chi connectivity index (χ3n) is 8.72. The van der Waals surface area contributed by atoms with Crippen LogP contribution in [0.2, 0.25) is 5.02 Å². The number of terminal acetylenes is 1. The lowest BCUT2D eigenvalue weighted by Gasteiger charge is -2.45. The summed E-state index contributed by atoms with van der Waals surface area (Å²) in [7, 11) is 1.96. The van der Waals surface area contributed by atoms with Crippen LogP contribution < -0.4 is 10.2 Å². The Labute approximate surface area is 223 Å². The Kier molecular flexibility index (Phi) is 6.09. The molecule has 0 bridgehead atoms. The predicted octanol–water partition coefficient (Wildman–Crippen LogP) is 5.41. The molecular weight excluding hydrogens is 482 g/mol. The lowest BCUT2D eigenvalue weighted by Crippen LogP contribution is -2.44. The first-order chi connectivity index (χ1) is 17.9. The van der Waals surface area contributed by atoms with Gasteiger partial charge >= 0.3 is 0 Å². The number of carbonyl (C=O) groups is 1. The van der Waals surface area contributed by atoms with Crippen LogP contribution in [-0.4, -0.2) is 27.2 Å². The number of rotatable bonds is 7. The maximum atomic E-state index is 13.7. The molecule has 0 spiro atoms. The van der Waals surface area contributed by atoms with Gasteiger partial charge in [0.05, 0.1) is 12.0 Å². The topological polar surface area (TPSA) is 63.1 Å². The van der Waals surface area contributed by atoms with Crippen LogP contribution in [0.1, 0.15) is 77.9 Å². The van der Waals surface area contributed by atoms with Crippen molar-refractivity contribution < 1.29 is 4.79 Å². The van der Waals surface area contributed by atoms with Crippen molar-refractivity contribution in [1.82, 2.24) is 20.1 Å². The van der Waals surface area contributed by atoms with Gasteiger partial charge in [0, 0.05) is 40.8 Å². The normalized spacial score (nSPS) is 23.8. The first-order valence-electron chi connectivity index (χ1n) is 13.2. The maximum Gasteiger partial charge on any atom is 0.258 e. The molecule has 1 amide bonds. The Morgan fingerprint density at radius 3 is 2.76 bits per heavy atom. The quantitative estimate of drug-likeness (QED) is 0.429. The zero-order valence-electron chi connectivity index (χ0n) is 21.4. The average Bonchev–Trinajstić information content (AvgIpc) is 3.42. The molecule has 3 aromatic rings. The van der Waals surface area contributed by atoms with Gasteiger partial charge in [-0.3, -0.25) is 4.79 Å². The van der Waals surface area contributed by atoms with E-state index in [0.29, 0.717) is 17.1 Å². The van der Waals surface area contributed by atoms with Crippen LogP contribution in [0, 0.1) is 24.2 Å². The highest BCUT2D eigenvalue weighted by atomic mass is 35.5. The summed E-state index contributed by atoms with van der Waals surface area (Å²) in [4.78, 5) is 15.5. The molecule has 6 nitrogen and oxygen atoms in total. The predicted molar refractivity (Wildman–Crippen MR) is 146 cm³/mol. The van der Waals surface area contributed by atoms with Gasteiger partial charge in [0.2, 0.25) is 0 Å². The Bertz CT molecular complexity index is 1400. The molecule has 1 aromatic heterocycles. The Morgan fingerprint density at radius 2 is 2.08 bits per heavy atom. The summed E-state index contributed by atoms with van der Waals surface area (Å²) in [6, 6.07) is 12.4. The molecule has 37 heavy (non-hydrogen) atoms. The van der Waals surface area contributed by atoms with Gasteiger partial charge in [-0.2, -0.15) is 0 Å². The summed E-state index contributed by atoms with van der Waals surface area (Å²) in [6.45, 7) is 3.62. The molecule has 2 aliphatic carbocycles. The summed E-state index contributed by atoms with van der Waals surface area (Å²) in [5.41, 5.74) is 4.31. The number of aryl methyl sites for hydroxylation is 1. The fourth-order valence-electron chi connectivity index (χ4n) is 6.14. The maximum absolute atomic E-state index is 13.7. The second-order valence-corrected chi connectivity index (χ2v) is 11.4. The van der Waals surface area contributed by atoms with Crippen molar-refractivity contribution in [2.45, 2.75) is 57.0 Å². The lowest BCUT2D eigenvalue weighted by molar-refractivity contribution is 0.0996. The molecule has 2 fully saturated rings. The van der Waals surface area contributed by atoms with Gasteiger partial charge in [-0.25, -0.2) is 0 Å². The molecule has 6 rings (SSSR count). The van der Waals surface area contributed by atoms with Crippen molar-refractivity contribution >= 4 is 23.2 Å². The van der Waals surface area contributed by atoms with Crippen LogP contribution in [0.3, 0.4) is 0 Å². The van der Waals surface area contributed by atoms with E-state index in [2.05, 4.69) is 40.5 Å². The number of nitrogens with zero attached hydrogens (tertiary/aromatic N) is 4. The van der Waals surface area contributed by atoms with Crippen molar-refractivity contribution in [2.24, 2.45) is 18.9 Å². The molecule has 3 aliphatic rings. The number of fused-ring (bicyclic) bond motifs is 1. The highest BCUT2D eigenvalue weighted by molar-refractivity contribution is 6.32. The summed E-state index contributed by atoms with van der Waals surface area (Å²) in [5, 5.41) is 12.9. The van der Waals surface area contributed by atoms with E-state index in [4.69, 9.17) is 18.0 Å². The van der Waals surface area contributed by atoms with Crippen LogP contribution in [0.25, 0.3) is 0 Å². The van der Waals surface area contributed by atoms with Gasteiger partial charge < -0.3 is 14.8 Å². The van der Waals surface area contributed by atoms with Crippen molar-refractivity contribution in [3.8, 4) is 12.3 Å². The molecule has 1 N–H and O–H groups in total. The standard InChI is InChI=1S/C30H32ClN5O/c1-4-20-14-30(15-20,29-34-33-18-35(29)3)23-9-6-10-24(13-23)36-17-26-25(28(36)37)11-22(12-27(26)31)19(2)32-16-21-7-5-8-21/h1,6,9-13,18-21,32H,5,7-8,14-17H2,2-3H3/t19-,20?,30?/m1/s1. The SMILES string of the molecule is C#CC1CC(c2cccc(N3Cc4c(Cl)cc([C@@H](C)NCC5CCC5)cc4C3=O)c2)(c2nncn2C)C1. The average molecular weight is 514 g/mol. The van der Waals surface area contributed by atoms with E-state index < -0.39 is 0 Å². The number of hydrogen-bond acceptors (Lipinski definition) is 4. The Morgan fingerprint density at radius 1 is 1.27 bits per heavy atom. The molecule has 0 unspecified atom stereocenters. The summed E-state index contributed by atoms with van der Waals surface area (Å²) >= 11 is 6.75. The van der Waals surface area contributed by atoms with E-state index in [0.717, 1.165) is 53.5 Å². The first-order valence-corrected chi connectivity index (χ1v) is 13.6. The van der Waals surface area contributed by atoms with Crippen molar-refractivity contribution in [1.29, 1.82) is 0 Å². The summed E-state index contributed by atoms with van der Waals surface area (Å²) < 4.78 is 1.97. The molecule has 0 radical (unpaired) electrons. The summed E-state index contributed by atoms with van der Waals surface area (Å²) in [6.07, 6.45) is 13.0. The van der Waals surface area contributed by atoms with Crippen molar-refractivity contribution in [2.75, 3.05) is 11.4 Å². The number of hydrogen-bond donors (Lipinski definition) is 1. The number of nitrogens with one attached hydrogen (secondary N) is 1. The van der Waals surface area contributed by atoms with Crippen molar-refractivity contribution in [3.63, 3.8) is 0 Å². The van der Waals surface area contributed by atoms with Gasteiger partial charge in [0.25, 0.3) is 5.91 Å². The van der Waals surface area contributed by atoms with Gasteiger partial charge in [-0.1, -0.05) is 30.2 Å². The van der Waals surface area contributed by atoms with Gasteiger partial charge in [0.1, 0.15) is 12.2 Å². The number of anilines is 1. The van der Waals surface area contributed by atoms with Crippen LogP contribution >= 0.6 is 11.6 Å². The van der Waals surface area contributed by atoms with E-state index in [1.807, 2.05) is 40.8 Å². The van der Waals surface area contributed by atoms with Crippen molar-refractivity contribution in [3.05, 3.63) is 75.8 Å². The highest BCUT2D eigenvalue weighted by Gasteiger charge is 2.49. The van der Waals surface area contributed by atoms with Gasteiger partial charge in [0.15, 0.2) is 0 Å². The monoisotopic (exact) mass is 513 g/mol. The third-order valence-corrected chi connectivity index (χ3v) is 9.06. The number of aromatic nitrogens is 3.